The van der Waals surface area contributed by atoms with E-state index in [1.165, 1.54) is 0 Å². The molecule has 102 valence electrons. The first-order valence-electron chi connectivity index (χ1n) is 6.46. The van der Waals surface area contributed by atoms with E-state index >= 15 is 0 Å². The molecule has 0 bridgehead atoms. The number of nitrogens with one attached hydrogen (secondary N) is 1. The van der Waals surface area contributed by atoms with Gasteiger partial charge in [0.1, 0.15) is 6.04 Å². The summed E-state index contributed by atoms with van der Waals surface area (Å²) in [7, 11) is -0.818. The first-order valence-corrected chi connectivity index (χ1v) is 8.19. The largest absolute Gasteiger partial charge is 0.344 e. The zero-order valence-corrected chi connectivity index (χ0v) is 11.5. The molecule has 5 nitrogen and oxygen atoms in total. The molecule has 1 N–H and O–H groups in total. The van der Waals surface area contributed by atoms with Crippen LogP contribution in [0.2, 0.25) is 0 Å². The first-order chi connectivity index (χ1) is 8.58. The lowest BCUT2D eigenvalue weighted by molar-refractivity contribution is -0.134. The summed E-state index contributed by atoms with van der Waals surface area (Å²) in [4.78, 5) is 25.6. The van der Waals surface area contributed by atoms with Gasteiger partial charge in [0.25, 0.3) is 0 Å². The smallest absolute Gasteiger partial charge is 0.245 e. The number of carbonyl (C=O) groups is 2. The second kappa shape index (κ2) is 5.82. The Hall–Kier alpha value is -0.910. The van der Waals surface area contributed by atoms with Crippen LogP contribution in [-0.4, -0.2) is 52.1 Å². The molecular formula is C12H20N2O3S. The molecule has 0 spiro atoms. The second-order valence-electron chi connectivity index (χ2n) is 5.09. The minimum atomic E-state index is -0.818. The Bertz CT molecular complexity index is 368. The van der Waals surface area contributed by atoms with Gasteiger partial charge in [-0.1, -0.05) is 0 Å². The molecule has 2 fully saturated rings. The van der Waals surface area contributed by atoms with Gasteiger partial charge in [-0.25, -0.2) is 0 Å². The SMILES string of the molecule is CS(=O)CCCN1CCC(=O)NC(C2CC2)C1=O. The molecule has 2 atom stereocenters. The van der Waals surface area contributed by atoms with Gasteiger partial charge in [-0.2, -0.15) is 0 Å². The van der Waals surface area contributed by atoms with Crippen LogP contribution in [0.4, 0.5) is 0 Å². The monoisotopic (exact) mass is 272 g/mol. The Kier molecular flexibility index (Phi) is 4.37. The van der Waals surface area contributed by atoms with Gasteiger partial charge in [-0.05, 0) is 25.2 Å². The molecule has 2 rings (SSSR count). The Balaban J connectivity index is 1.93. The maximum atomic E-state index is 12.3. The Morgan fingerprint density at radius 3 is 2.72 bits per heavy atom. The molecule has 0 radical (unpaired) electrons. The van der Waals surface area contributed by atoms with Crippen molar-refractivity contribution in [3.63, 3.8) is 0 Å². The van der Waals surface area contributed by atoms with E-state index < -0.39 is 10.8 Å². The van der Waals surface area contributed by atoms with Crippen LogP contribution in [0.15, 0.2) is 0 Å². The lowest BCUT2D eigenvalue weighted by Gasteiger charge is -2.23. The van der Waals surface area contributed by atoms with Gasteiger partial charge in [0.2, 0.25) is 11.8 Å². The maximum Gasteiger partial charge on any atom is 0.245 e. The highest BCUT2D eigenvalue weighted by Gasteiger charge is 2.40. The molecule has 18 heavy (non-hydrogen) atoms. The number of hydrogen-bond acceptors (Lipinski definition) is 3. The molecule has 2 amide bonds. The van der Waals surface area contributed by atoms with Crippen molar-refractivity contribution in [2.45, 2.75) is 31.7 Å². The van der Waals surface area contributed by atoms with Gasteiger partial charge in [-0.15, -0.1) is 0 Å². The minimum absolute atomic E-state index is 0.0261. The number of hydrogen-bond donors (Lipinski definition) is 1. The molecule has 1 aliphatic carbocycles. The van der Waals surface area contributed by atoms with Crippen molar-refractivity contribution in [3.8, 4) is 0 Å². The van der Waals surface area contributed by atoms with E-state index in [4.69, 9.17) is 0 Å². The Morgan fingerprint density at radius 1 is 1.39 bits per heavy atom. The van der Waals surface area contributed by atoms with E-state index in [2.05, 4.69) is 5.32 Å². The van der Waals surface area contributed by atoms with Crippen molar-refractivity contribution >= 4 is 22.6 Å². The summed E-state index contributed by atoms with van der Waals surface area (Å²) in [6.45, 7) is 1.10. The number of nitrogens with zero attached hydrogens (tertiary/aromatic N) is 1. The van der Waals surface area contributed by atoms with E-state index in [1.807, 2.05) is 0 Å². The number of amides is 2. The summed E-state index contributed by atoms with van der Waals surface area (Å²) in [5, 5.41) is 2.83. The average Bonchev–Trinajstić information content (AvgIpc) is 3.12. The highest BCUT2D eigenvalue weighted by atomic mass is 32.2. The first kappa shape index (κ1) is 13.5. The molecule has 0 aromatic carbocycles. The highest BCUT2D eigenvalue weighted by molar-refractivity contribution is 7.84. The fourth-order valence-corrected chi connectivity index (χ4v) is 2.82. The summed E-state index contributed by atoms with van der Waals surface area (Å²) >= 11 is 0. The number of carbonyl (C=O) groups excluding carboxylic acids is 2. The van der Waals surface area contributed by atoms with Gasteiger partial charge in [-0.3, -0.25) is 13.8 Å². The predicted octanol–water partition coefficient (Wildman–Crippen LogP) is -0.118. The summed E-state index contributed by atoms with van der Waals surface area (Å²) in [6.07, 6.45) is 4.85. The fourth-order valence-electron chi connectivity index (χ4n) is 2.28. The van der Waals surface area contributed by atoms with Crippen LogP contribution in [0.25, 0.3) is 0 Å². The van der Waals surface area contributed by atoms with Crippen molar-refractivity contribution in [2.75, 3.05) is 25.1 Å². The van der Waals surface area contributed by atoms with Crippen LogP contribution in [0.5, 0.6) is 0 Å². The van der Waals surface area contributed by atoms with Crippen LogP contribution in [0, 0.1) is 5.92 Å². The average molecular weight is 272 g/mol. The van der Waals surface area contributed by atoms with Gasteiger partial charge in [0.05, 0.1) is 0 Å². The Labute approximate surface area is 110 Å². The van der Waals surface area contributed by atoms with Crippen LogP contribution in [0.3, 0.4) is 0 Å². The summed E-state index contributed by atoms with van der Waals surface area (Å²) in [5.74, 6) is 0.966. The molecule has 0 aromatic heterocycles. The quantitative estimate of drug-likeness (QED) is 0.759. The third-order valence-electron chi connectivity index (χ3n) is 3.46. The lowest BCUT2D eigenvalue weighted by atomic mass is 10.1. The molecule has 2 aliphatic rings. The van der Waals surface area contributed by atoms with E-state index in [0.717, 1.165) is 19.3 Å². The van der Waals surface area contributed by atoms with Crippen LogP contribution >= 0.6 is 0 Å². The van der Waals surface area contributed by atoms with Gasteiger partial charge in [0, 0.05) is 42.3 Å². The number of rotatable bonds is 5. The van der Waals surface area contributed by atoms with Gasteiger partial charge < -0.3 is 10.2 Å². The van der Waals surface area contributed by atoms with Gasteiger partial charge >= 0.3 is 0 Å². The molecule has 1 saturated carbocycles. The van der Waals surface area contributed by atoms with E-state index in [9.17, 15) is 13.8 Å². The highest BCUT2D eigenvalue weighted by Crippen LogP contribution is 2.34. The van der Waals surface area contributed by atoms with Crippen LogP contribution in [-0.2, 0) is 20.4 Å². The van der Waals surface area contributed by atoms with Crippen molar-refractivity contribution in [3.05, 3.63) is 0 Å². The topological polar surface area (TPSA) is 66.5 Å². The summed E-state index contributed by atoms with van der Waals surface area (Å²) in [6, 6.07) is -0.313. The molecule has 2 unspecified atom stereocenters. The van der Waals surface area contributed by atoms with Crippen molar-refractivity contribution < 1.29 is 13.8 Å². The third kappa shape index (κ3) is 3.54. The maximum absolute atomic E-state index is 12.3. The van der Waals surface area contributed by atoms with E-state index in [1.54, 1.807) is 11.2 Å². The van der Waals surface area contributed by atoms with E-state index in [-0.39, 0.29) is 17.9 Å². The molecule has 6 heteroatoms. The van der Waals surface area contributed by atoms with Crippen molar-refractivity contribution in [1.82, 2.24) is 10.2 Å². The van der Waals surface area contributed by atoms with Crippen LogP contribution in [0.1, 0.15) is 25.7 Å². The minimum Gasteiger partial charge on any atom is -0.344 e. The van der Waals surface area contributed by atoms with Crippen LogP contribution < -0.4 is 5.32 Å². The standard InChI is InChI=1S/C12H20N2O3S/c1-18(17)8-2-6-14-7-5-10(15)13-11(12(14)16)9-3-4-9/h9,11H,2-8H2,1H3,(H,13,15). The molecule has 0 aromatic rings. The molecule has 1 saturated heterocycles. The summed E-state index contributed by atoms with van der Waals surface area (Å²) < 4.78 is 11.0. The molecule has 1 heterocycles. The van der Waals surface area contributed by atoms with Crippen molar-refractivity contribution in [1.29, 1.82) is 0 Å². The zero-order valence-electron chi connectivity index (χ0n) is 10.7. The molecule has 1 aliphatic heterocycles. The normalized spacial score (nSPS) is 26.7. The van der Waals surface area contributed by atoms with E-state index in [0.29, 0.717) is 31.2 Å². The molecular weight excluding hydrogens is 252 g/mol. The van der Waals surface area contributed by atoms with Crippen molar-refractivity contribution in [2.24, 2.45) is 5.92 Å². The second-order valence-corrected chi connectivity index (χ2v) is 6.64. The third-order valence-corrected chi connectivity index (χ3v) is 4.32. The fraction of sp³-hybridized carbons (Fsp3) is 0.833. The summed E-state index contributed by atoms with van der Waals surface area (Å²) in [5.41, 5.74) is 0. The lowest BCUT2D eigenvalue weighted by Crippen LogP contribution is -2.46. The zero-order chi connectivity index (χ0) is 13.1. The predicted molar refractivity (Wildman–Crippen MR) is 69.4 cm³/mol. The Morgan fingerprint density at radius 2 is 2.11 bits per heavy atom. The van der Waals surface area contributed by atoms with Gasteiger partial charge in [0.15, 0.2) is 0 Å².